The molecule has 1 aromatic carbocycles. The number of carbonyl (C=O) groups excluding carboxylic acids is 1. The van der Waals surface area contributed by atoms with E-state index >= 15 is 0 Å². The van der Waals surface area contributed by atoms with Crippen LogP contribution < -0.4 is 5.14 Å². The highest BCUT2D eigenvalue weighted by molar-refractivity contribution is 7.89. The van der Waals surface area contributed by atoms with E-state index in [1.54, 1.807) is 12.1 Å². The Morgan fingerprint density at radius 3 is 2.88 bits per heavy atom. The molecule has 5 nitrogen and oxygen atoms in total. The van der Waals surface area contributed by atoms with Crippen LogP contribution in [0.25, 0.3) is 0 Å². The first-order valence-corrected chi connectivity index (χ1v) is 10.1. The number of rotatable bonds is 7. The molecule has 0 radical (unpaired) electrons. The van der Waals surface area contributed by atoms with Crippen LogP contribution in [0.2, 0.25) is 0 Å². The number of primary sulfonamides is 1. The van der Waals surface area contributed by atoms with Crippen LogP contribution in [0.5, 0.6) is 0 Å². The lowest BCUT2D eigenvalue weighted by atomic mass is 9.91. The number of amides is 1. The fourth-order valence-corrected chi connectivity index (χ4v) is 3.72. The van der Waals surface area contributed by atoms with Gasteiger partial charge in [0.25, 0.3) is 0 Å². The molecule has 7 heteroatoms. The molecule has 0 bridgehead atoms. The average Bonchev–Trinajstić information content (AvgIpc) is 2.52. The number of piperidine rings is 1. The highest BCUT2D eigenvalue weighted by atomic mass is 32.2. The Bertz CT molecular complexity index is 664. The second kappa shape index (κ2) is 8.58. The fraction of sp³-hybridized carbons (Fsp3) is 0.588. The van der Waals surface area contributed by atoms with Gasteiger partial charge in [0.05, 0.1) is 5.75 Å². The minimum absolute atomic E-state index is 0.00546. The molecule has 0 unspecified atom stereocenters. The van der Waals surface area contributed by atoms with Crippen LogP contribution in [-0.2, 0) is 21.2 Å². The van der Waals surface area contributed by atoms with E-state index in [1.807, 2.05) is 11.0 Å². The SMILES string of the molecule is NS(=O)(=O)CCCC(=O)N1CCC[C@@H](CCc2cccc(F)c2)C1. The van der Waals surface area contributed by atoms with Crippen molar-refractivity contribution >= 4 is 15.9 Å². The summed E-state index contributed by atoms with van der Waals surface area (Å²) in [6.07, 6.45) is 4.22. The minimum Gasteiger partial charge on any atom is -0.342 e. The smallest absolute Gasteiger partial charge is 0.222 e. The Morgan fingerprint density at radius 1 is 1.38 bits per heavy atom. The molecule has 1 fully saturated rings. The van der Waals surface area contributed by atoms with Gasteiger partial charge in [0.1, 0.15) is 5.82 Å². The summed E-state index contributed by atoms with van der Waals surface area (Å²) in [6.45, 7) is 1.42. The number of nitrogens with zero attached hydrogens (tertiary/aromatic N) is 1. The first kappa shape index (κ1) is 18.9. The maximum absolute atomic E-state index is 13.2. The Balaban J connectivity index is 1.77. The molecule has 0 spiro atoms. The molecule has 134 valence electrons. The van der Waals surface area contributed by atoms with E-state index in [9.17, 15) is 17.6 Å². The van der Waals surface area contributed by atoms with Gasteiger partial charge in [-0.3, -0.25) is 4.79 Å². The third-order valence-corrected chi connectivity index (χ3v) is 5.28. The molecule has 1 atom stereocenters. The highest BCUT2D eigenvalue weighted by Crippen LogP contribution is 2.22. The van der Waals surface area contributed by atoms with Gasteiger partial charge >= 0.3 is 0 Å². The second-order valence-corrected chi connectivity index (χ2v) is 8.22. The molecule has 24 heavy (non-hydrogen) atoms. The zero-order valence-electron chi connectivity index (χ0n) is 13.8. The van der Waals surface area contributed by atoms with Crippen molar-refractivity contribution in [3.63, 3.8) is 0 Å². The highest BCUT2D eigenvalue weighted by Gasteiger charge is 2.23. The Kier molecular flexibility index (Phi) is 6.74. The maximum Gasteiger partial charge on any atom is 0.222 e. The van der Waals surface area contributed by atoms with Gasteiger partial charge in [-0.05, 0) is 55.7 Å². The lowest BCUT2D eigenvalue weighted by Crippen LogP contribution is -2.40. The van der Waals surface area contributed by atoms with E-state index in [-0.39, 0.29) is 30.3 Å². The molecule has 1 heterocycles. The summed E-state index contributed by atoms with van der Waals surface area (Å²) in [5.74, 6) is 0.0244. The minimum atomic E-state index is -3.51. The van der Waals surface area contributed by atoms with Gasteiger partial charge < -0.3 is 4.90 Å². The number of halogens is 1. The lowest BCUT2D eigenvalue weighted by molar-refractivity contribution is -0.133. The number of aryl methyl sites for hydroxylation is 1. The molecule has 0 saturated carbocycles. The standard InChI is InChI=1S/C17H25FN2O3S/c18-16-6-1-4-14(12-16)8-9-15-5-2-10-20(13-15)17(21)7-3-11-24(19,22)23/h1,4,6,12,15H,2-3,5,7-11,13H2,(H2,19,22,23)/t15-/m0/s1. The van der Waals surface area contributed by atoms with Crippen molar-refractivity contribution in [1.82, 2.24) is 4.90 Å². The predicted octanol–water partition coefficient (Wildman–Crippen LogP) is 2.07. The second-order valence-electron chi connectivity index (χ2n) is 6.49. The molecule has 2 rings (SSSR count). The Labute approximate surface area is 143 Å². The number of nitrogens with two attached hydrogens (primary N) is 1. The third kappa shape index (κ3) is 6.57. The molecule has 1 aromatic rings. The summed E-state index contributed by atoms with van der Waals surface area (Å²) in [6, 6.07) is 6.63. The molecule has 1 aliphatic rings. The molecule has 1 aliphatic heterocycles. The van der Waals surface area contributed by atoms with E-state index in [0.717, 1.165) is 37.8 Å². The average molecular weight is 356 g/mol. The Morgan fingerprint density at radius 2 is 2.17 bits per heavy atom. The summed E-state index contributed by atoms with van der Waals surface area (Å²) >= 11 is 0. The summed E-state index contributed by atoms with van der Waals surface area (Å²) in [5.41, 5.74) is 0.978. The van der Waals surface area contributed by atoms with Crippen LogP contribution in [0, 0.1) is 11.7 Å². The largest absolute Gasteiger partial charge is 0.342 e. The number of benzene rings is 1. The predicted molar refractivity (Wildman–Crippen MR) is 91.2 cm³/mol. The van der Waals surface area contributed by atoms with Crippen molar-refractivity contribution in [3.8, 4) is 0 Å². The molecule has 0 aromatic heterocycles. The van der Waals surface area contributed by atoms with Gasteiger partial charge in [0, 0.05) is 19.5 Å². The summed E-state index contributed by atoms with van der Waals surface area (Å²) in [5, 5.41) is 4.95. The van der Waals surface area contributed by atoms with Crippen molar-refractivity contribution in [2.24, 2.45) is 11.1 Å². The maximum atomic E-state index is 13.2. The van der Waals surface area contributed by atoms with Crippen LogP contribution in [0.1, 0.15) is 37.7 Å². The third-order valence-electron chi connectivity index (χ3n) is 4.42. The van der Waals surface area contributed by atoms with E-state index in [0.29, 0.717) is 12.5 Å². The van der Waals surface area contributed by atoms with E-state index in [2.05, 4.69) is 0 Å². The molecule has 2 N–H and O–H groups in total. The van der Waals surface area contributed by atoms with Crippen LogP contribution in [0.15, 0.2) is 24.3 Å². The van der Waals surface area contributed by atoms with Gasteiger partial charge in [0.15, 0.2) is 0 Å². The first-order valence-electron chi connectivity index (χ1n) is 8.36. The van der Waals surface area contributed by atoms with Crippen LogP contribution in [0.4, 0.5) is 4.39 Å². The molecule has 1 amide bonds. The van der Waals surface area contributed by atoms with Gasteiger partial charge in [-0.2, -0.15) is 0 Å². The van der Waals surface area contributed by atoms with Crippen LogP contribution in [0.3, 0.4) is 0 Å². The summed E-state index contributed by atoms with van der Waals surface area (Å²) in [4.78, 5) is 14.0. The van der Waals surface area contributed by atoms with Crippen LogP contribution in [-0.4, -0.2) is 38.1 Å². The fourth-order valence-electron chi connectivity index (χ4n) is 3.17. The van der Waals surface area contributed by atoms with Crippen molar-refractivity contribution in [2.75, 3.05) is 18.8 Å². The summed E-state index contributed by atoms with van der Waals surface area (Å²) < 4.78 is 35.0. The molecular weight excluding hydrogens is 331 g/mol. The van der Waals surface area contributed by atoms with E-state index < -0.39 is 10.0 Å². The number of likely N-dealkylation sites (tertiary alicyclic amines) is 1. The number of carbonyl (C=O) groups is 1. The molecule has 0 aliphatic carbocycles. The van der Waals surface area contributed by atoms with Crippen LogP contribution >= 0.6 is 0 Å². The van der Waals surface area contributed by atoms with E-state index in [1.165, 1.54) is 6.07 Å². The zero-order valence-corrected chi connectivity index (χ0v) is 14.6. The quantitative estimate of drug-likeness (QED) is 0.812. The Hall–Kier alpha value is -1.47. The van der Waals surface area contributed by atoms with Crippen molar-refractivity contribution < 1.29 is 17.6 Å². The van der Waals surface area contributed by atoms with E-state index in [4.69, 9.17) is 5.14 Å². The van der Waals surface area contributed by atoms with Gasteiger partial charge in [-0.25, -0.2) is 17.9 Å². The zero-order chi connectivity index (χ0) is 17.6. The lowest BCUT2D eigenvalue weighted by Gasteiger charge is -2.33. The molecule has 1 saturated heterocycles. The van der Waals surface area contributed by atoms with Crippen molar-refractivity contribution in [2.45, 2.75) is 38.5 Å². The van der Waals surface area contributed by atoms with Gasteiger partial charge in [0.2, 0.25) is 15.9 Å². The summed E-state index contributed by atoms with van der Waals surface area (Å²) in [7, 11) is -3.51. The first-order chi connectivity index (χ1) is 11.3. The van der Waals surface area contributed by atoms with Gasteiger partial charge in [-0.15, -0.1) is 0 Å². The number of hydrogen-bond donors (Lipinski definition) is 1. The number of sulfonamides is 1. The van der Waals surface area contributed by atoms with Crippen molar-refractivity contribution in [3.05, 3.63) is 35.6 Å². The topological polar surface area (TPSA) is 80.5 Å². The normalized spacial score (nSPS) is 18.6. The molecular formula is C17H25FN2O3S. The van der Waals surface area contributed by atoms with Gasteiger partial charge in [-0.1, -0.05) is 12.1 Å². The monoisotopic (exact) mass is 356 g/mol. The van der Waals surface area contributed by atoms with Crippen molar-refractivity contribution in [1.29, 1.82) is 0 Å². The number of hydrogen-bond acceptors (Lipinski definition) is 3.